The summed E-state index contributed by atoms with van der Waals surface area (Å²) in [5.41, 5.74) is 9.46. The van der Waals surface area contributed by atoms with E-state index in [9.17, 15) is 0 Å². The van der Waals surface area contributed by atoms with Gasteiger partial charge in [0.05, 0.1) is 29.2 Å². The van der Waals surface area contributed by atoms with E-state index in [0.29, 0.717) is 16.7 Å². The number of rotatable bonds is 5. The Morgan fingerprint density at radius 3 is 2.13 bits per heavy atom. The fourth-order valence-corrected chi connectivity index (χ4v) is 7.01. The van der Waals surface area contributed by atoms with Crippen molar-refractivity contribution in [3.8, 4) is 28.2 Å². The van der Waals surface area contributed by atoms with E-state index in [1.54, 1.807) is 6.20 Å². The lowest BCUT2D eigenvalue weighted by atomic mass is 9.88. The van der Waals surface area contributed by atoms with E-state index < -0.39 is 19.4 Å². The molecular weight excluding hydrogens is 580 g/mol. The smallest absolute Gasteiger partial charge is 0.300 e. The maximum atomic E-state index is 8.14. The van der Waals surface area contributed by atoms with Crippen LogP contribution in [0.1, 0.15) is 76.0 Å². The topological polar surface area (TPSA) is 60.9 Å². The van der Waals surface area contributed by atoms with Crippen LogP contribution in [0.2, 0.25) is 0 Å². The molecule has 0 aliphatic carbocycles. The van der Waals surface area contributed by atoms with E-state index >= 15 is 0 Å². The number of aryl methyl sites for hydroxylation is 4. The van der Waals surface area contributed by atoms with Crippen LogP contribution in [0.25, 0.3) is 72.3 Å². The van der Waals surface area contributed by atoms with Crippen molar-refractivity contribution >= 4 is 44.1 Å². The average molecular weight is 626 g/mol. The molecule has 0 atom stereocenters. The van der Waals surface area contributed by atoms with Crippen molar-refractivity contribution in [1.29, 1.82) is 0 Å². The molecule has 0 unspecified atom stereocenters. The molecule has 0 N–H and O–H groups in total. The summed E-state index contributed by atoms with van der Waals surface area (Å²) in [4.78, 5) is 8.90. The molecule has 0 radical (unpaired) electrons. The third kappa shape index (κ3) is 4.34. The zero-order valence-corrected chi connectivity index (χ0v) is 27.3. The summed E-state index contributed by atoms with van der Waals surface area (Å²) >= 11 is 0. The molecular formula is C41H39N4O2+. The van der Waals surface area contributed by atoms with Crippen LogP contribution in [-0.4, -0.2) is 14.5 Å². The minimum Gasteiger partial charge on any atom is -0.451 e. The van der Waals surface area contributed by atoms with Crippen molar-refractivity contribution in [2.45, 2.75) is 60.2 Å². The summed E-state index contributed by atoms with van der Waals surface area (Å²) in [6.45, 7) is 5.44. The van der Waals surface area contributed by atoms with Crippen LogP contribution in [0.5, 0.6) is 0 Å². The highest BCUT2D eigenvalue weighted by Gasteiger charge is 2.35. The predicted octanol–water partition coefficient (Wildman–Crippen LogP) is 10.4. The second kappa shape index (κ2) is 10.7. The number of nitrogens with zero attached hydrogens (tertiary/aromatic N) is 4. The summed E-state index contributed by atoms with van der Waals surface area (Å²) in [7, 11) is 2.04. The van der Waals surface area contributed by atoms with Crippen LogP contribution < -0.4 is 4.57 Å². The zero-order chi connectivity index (χ0) is 37.7. The molecule has 0 fully saturated rings. The SMILES string of the molecule is [2H]C([2H])([2H])c1cc2c(oc3c4cnc(C)c(-c5n(-c6c(C(C)C)cc(-c7ccccc7)cc6C(C)C)c6ccccc6[n+]5C)c4oc23)c(C([2H])([2H])[2H])n1. The first kappa shape index (κ1) is 23.1. The van der Waals surface area contributed by atoms with Crippen LogP contribution in [-0.2, 0) is 7.05 Å². The monoisotopic (exact) mass is 625 g/mol. The van der Waals surface area contributed by atoms with Gasteiger partial charge in [0.2, 0.25) is 0 Å². The summed E-state index contributed by atoms with van der Waals surface area (Å²) in [5, 5.41) is 0.769. The number of imidazole rings is 1. The molecule has 5 heterocycles. The molecule has 234 valence electrons. The molecule has 5 aromatic heterocycles. The maximum absolute atomic E-state index is 8.14. The Hall–Kier alpha value is -5.23. The Labute approximate surface area is 282 Å². The lowest BCUT2D eigenvalue weighted by molar-refractivity contribution is -0.633. The highest BCUT2D eigenvalue weighted by atomic mass is 16.4. The van der Waals surface area contributed by atoms with E-state index in [2.05, 4.69) is 90.3 Å². The van der Waals surface area contributed by atoms with Crippen molar-refractivity contribution in [3.05, 3.63) is 107 Å². The van der Waals surface area contributed by atoms with Gasteiger partial charge in [0.1, 0.15) is 11.3 Å². The first-order chi connectivity index (χ1) is 25.1. The van der Waals surface area contributed by atoms with Gasteiger partial charge in [0.15, 0.2) is 33.4 Å². The van der Waals surface area contributed by atoms with E-state index in [1.165, 1.54) is 17.2 Å². The summed E-state index contributed by atoms with van der Waals surface area (Å²) in [6, 6.07) is 24.7. The minimum absolute atomic E-state index is 0.0305. The van der Waals surface area contributed by atoms with Crippen molar-refractivity contribution in [2.75, 3.05) is 0 Å². The van der Waals surface area contributed by atoms with Gasteiger partial charge in [-0.1, -0.05) is 70.2 Å². The maximum Gasteiger partial charge on any atom is 0.300 e. The van der Waals surface area contributed by atoms with E-state index in [1.807, 2.05) is 32.2 Å². The van der Waals surface area contributed by atoms with Crippen LogP contribution in [0, 0.1) is 20.6 Å². The molecule has 6 heteroatoms. The molecule has 6 nitrogen and oxygen atoms in total. The Morgan fingerprint density at radius 2 is 1.43 bits per heavy atom. The van der Waals surface area contributed by atoms with Crippen LogP contribution in [0.4, 0.5) is 0 Å². The largest absolute Gasteiger partial charge is 0.451 e. The summed E-state index contributed by atoms with van der Waals surface area (Å²) < 4.78 is 66.0. The lowest BCUT2D eigenvalue weighted by Crippen LogP contribution is -2.31. The molecule has 0 amide bonds. The van der Waals surface area contributed by atoms with Gasteiger partial charge in [-0.15, -0.1) is 0 Å². The van der Waals surface area contributed by atoms with Gasteiger partial charge in [-0.25, -0.2) is 4.57 Å². The van der Waals surface area contributed by atoms with Gasteiger partial charge < -0.3 is 8.83 Å². The first-order valence-electron chi connectivity index (χ1n) is 19.0. The van der Waals surface area contributed by atoms with Crippen molar-refractivity contribution < 1.29 is 21.6 Å². The molecule has 0 aliphatic heterocycles. The third-order valence-corrected chi connectivity index (χ3v) is 9.28. The predicted molar refractivity (Wildman–Crippen MR) is 190 cm³/mol. The van der Waals surface area contributed by atoms with Crippen LogP contribution in [0.15, 0.2) is 87.8 Å². The number of furan rings is 2. The van der Waals surface area contributed by atoms with Crippen molar-refractivity contribution in [2.24, 2.45) is 7.05 Å². The molecule has 0 saturated carbocycles. The van der Waals surface area contributed by atoms with Gasteiger partial charge >= 0.3 is 5.82 Å². The average Bonchev–Trinajstić information content (AvgIpc) is 3.74. The van der Waals surface area contributed by atoms with E-state index in [4.69, 9.17) is 22.0 Å². The lowest BCUT2D eigenvalue weighted by Gasteiger charge is -2.21. The second-order valence-corrected chi connectivity index (χ2v) is 12.9. The van der Waals surface area contributed by atoms with Crippen LogP contribution >= 0.6 is 0 Å². The number of hydrogen-bond donors (Lipinski definition) is 0. The van der Waals surface area contributed by atoms with Crippen LogP contribution in [0.3, 0.4) is 0 Å². The third-order valence-electron chi connectivity index (χ3n) is 9.28. The van der Waals surface area contributed by atoms with Gasteiger partial charge in [0, 0.05) is 31.2 Å². The number of para-hydroxylation sites is 2. The van der Waals surface area contributed by atoms with Crippen molar-refractivity contribution in [1.82, 2.24) is 14.5 Å². The minimum atomic E-state index is -2.72. The number of aromatic nitrogens is 4. The van der Waals surface area contributed by atoms with E-state index in [-0.39, 0.29) is 39.7 Å². The molecule has 0 aliphatic rings. The number of fused-ring (bicyclic) bond motifs is 6. The summed E-state index contributed by atoms with van der Waals surface area (Å²) in [5.74, 6) is 1.18. The fraction of sp³-hybridized carbons (Fsp3) is 0.244. The fourth-order valence-electron chi connectivity index (χ4n) is 7.01. The Morgan fingerprint density at radius 1 is 0.745 bits per heavy atom. The Balaban J connectivity index is 1.50. The van der Waals surface area contributed by atoms with Crippen molar-refractivity contribution in [3.63, 3.8) is 0 Å². The normalized spacial score (nSPS) is 14.6. The van der Waals surface area contributed by atoms with Gasteiger partial charge in [-0.2, -0.15) is 4.57 Å². The molecule has 3 aromatic carbocycles. The zero-order valence-electron chi connectivity index (χ0n) is 33.3. The first-order valence-corrected chi connectivity index (χ1v) is 16.0. The second-order valence-electron chi connectivity index (χ2n) is 12.9. The molecule has 0 spiro atoms. The van der Waals surface area contributed by atoms with Gasteiger partial charge in [-0.3, -0.25) is 9.97 Å². The Bertz CT molecular complexity index is 2700. The van der Waals surface area contributed by atoms with Gasteiger partial charge in [0.25, 0.3) is 0 Å². The number of hydrogen-bond acceptors (Lipinski definition) is 4. The Kier molecular flexibility index (Phi) is 5.25. The van der Waals surface area contributed by atoms with Gasteiger partial charge in [-0.05, 0) is 73.9 Å². The molecule has 0 saturated heterocycles. The standard InChI is InChI=1S/C41H39N4O2/c1-22(2)29-19-28(27-14-10-9-11-15-27)20-30(23(3)4)36(29)45-34-17-13-12-16-33(34)44(8)41(45)35-25(6)42-21-32-38(35)47-39-31-18-24(5)43-26(7)37(31)46-40(32)39/h9-23H,1-8H3/q+1/i5D3,7D3. The molecule has 0 bridgehead atoms. The number of benzene rings is 3. The quantitative estimate of drug-likeness (QED) is 0.179. The highest BCUT2D eigenvalue weighted by Crippen LogP contribution is 2.44. The molecule has 47 heavy (non-hydrogen) atoms. The molecule has 8 rings (SSSR count). The summed E-state index contributed by atoms with van der Waals surface area (Å²) in [6.07, 6.45) is 1.66. The van der Waals surface area contributed by atoms with E-state index in [0.717, 1.165) is 39.2 Å². The number of pyridine rings is 2. The highest BCUT2D eigenvalue weighted by molar-refractivity contribution is 6.15. The molecule has 8 aromatic rings.